The van der Waals surface area contributed by atoms with E-state index < -0.39 is 0 Å². The normalized spacial score (nSPS) is 25.3. The summed E-state index contributed by atoms with van der Waals surface area (Å²) in [4.78, 5) is 2.59. The summed E-state index contributed by atoms with van der Waals surface area (Å²) in [5.41, 5.74) is 2.77. The molecule has 0 radical (unpaired) electrons. The highest BCUT2D eigenvalue weighted by Gasteiger charge is 2.30. The molecule has 80 valence electrons. The van der Waals surface area contributed by atoms with Crippen molar-refractivity contribution in [3.63, 3.8) is 0 Å². The average molecular weight is 267 g/mol. The standard InChI is InChI=1S/C12H15BrN2/c13-9-3-1-4-10-12(9)11(5-6-14-10)15-7-2-8-15/h1,3-4,11,14H,2,5-8H2. The summed E-state index contributed by atoms with van der Waals surface area (Å²) in [5.74, 6) is 0. The lowest BCUT2D eigenvalue weighted by atomic mass is 9.94. The number of nitrogens with one attached hydrogen (secondary N) is 1. The molecule has 1 saturated heterocycles. The summed E-state index contributed by atoms with van der Waals surface area (Å²) in [6.07, 6.45) is 2.60. The van der Waals surface area contributed by atoms with Gasteiger partial charge in [-0.1, -0.05) is 22.0 Å². The molecule has 1 aromatic rings. The van der Waals surface area contributed by atoms with E-state index in [0.717, 1.165) is 6.54 Å². The lowest BCUT2D eigenvalue weighted by Gasteiger charge is -2.42. The third-order valence-corrected chi connectivity index (χ3v) is 4.14. The Morgan fingerprint density at radius 3 is 2.93 bits per heavy atom. The van der Waals surface area contributed by atoms with Crippen LogP contribution in [-0.2, 0) is 0 Å². The summed E-state index contributed by atoms with van der Waals surface area (Å²) in [6.45, 7) is 3.64. The monoisotopic (exact) mass is 266 g/mol. The lowest BCUT2D eigenvalue weighted by Crippen LogP contribution is -2.42. The molecule has 0 bridgehead atoms. The first-order valence-electron chi connectivity index (χ1n) is 5.62. The molecule has 0 amide bonds. The van der Waals surface area contributed by atoms with Gasteiger partial charge in [-0.3, -0.25) is 4.90 Å². The van der Waals surface area contributed by atoms with Crippen LogP contribution in [0, 0.1) is 0 Å². The summed E-state index contributed by atoms with van der Waals surface area (Å²) < 4.78 is 1.25. The number of benzene rings is 1. The Hall–Kier alpha value is -0.540. The molecule has 2 heterocycles. The zero-order chi connectivity index (χ0) is 10.3. The number of rotatable bonds is 1. The molecule has 3 heteroatoms. The van der Waals surface area contributed by atoms with Crippen molar-refractivity contribution < 1.29 is 0 Å². The predicted molar refractivity (Wildman–Crippen MR) is 66.2 cm³/mol. The van der Waals surface area contributed by atoms with Crippen molar-refractivity contribution in [3.8, 4) is 0 Å². The van der Waals surface area contributed by atoms with Gasteiger partial charge in [0.05, 0.1) is 0 Å². The molecule has 0 saturated carbocycles. The Bertz CT molecular complexity index is 374. The smallest absolute Gasteiger partial charge is 0.0400 e. The van der Waals surface area contributed by atoms with Gasteiger partial charge in [0.25, 0.3) is 0 Å². The Balaban J connectivity index is 2.00. The lowest BCUT2D eigenvalue weighted by molar-refractivity contribution is 0.111. The number of hydrogen-bond donors (Lipinski definition) is 1. The van der Waals surface area contributed by atoms with Crippen LogP contribution in [0.4, 0.5) is 5.69 Å². The highest BCUT2D eigenvalue weighted by atomic mass is 79.9. The molecule has 2 aliphatic rings. The molecule has 0 aliphatic carbocycles. The summed E-state index contributed by atoms with van der Waals surface area (Å²) in [5, 5.41) is 3.48. The number of nitrogens with zero attached hydrogens (tertiary/aromatic N) is 1. The first-order chi connectivity index (χ1) is 7.36. The molecule has 1 N–H and O–H groups in total. The largest absolute Gasteiger partial charge is 0.385 e. The Labute approximate surface area is 98.8 Å². The van der Waals surface area contributed by atoms with Crippen LogP contribution in [0.25, 0.3) is 0 Å². The van der Waals surface area contributed by atoms with E-state index in [0.29, 0.717) is 6.04 Å². The fraction of sp³-hybridized carbons (Fsp3) is 0.500. The van der Waals surface area contributed by atoms with Gasteiger partial charge in [0.1, 0.15) is 0 Å². The third-order valence-electron chi connectivity index (χ3n) is 3.45. The van der Waals surface area contributed by atoms with Gasteiger partial charge in [-0.2, -0.15) is 0 Å². The second-order valence-electron chi connectivity index (χ2n) is 4.32. The fourth-order valence-electron chi connectivity index (χ4n) is 2.54. The van der Waals surface area contributed by atoms with E-state index in [1.165, 1.54) is 41.7 Å². The van der Waals surface area contributed by atoms with Crippen LogP contribution in [-0.4, -0.2) is 24.5 Å². The van der Waals surface area contributed by atoms with E-state index >= 15 is 0 Å². The Morgan fingerprint density at radius 1 is 1.33 bits per heavy atom. The van der Waals surface area contributed by atoms with Crippen LogP contribution in [0.5, 0.6) is 0 Å². The molecule has 2 nitrogen and oxygen atoms in total. The molecule has 0 aromatic heterocycles. The van der Waals surface area contributed by atoms with Crippen molar-refractivity contribution >= 4 is 21.6 Å². The minimum Gasteiger partial charge on any atom is -0.385 e. The molecular formula is C12H15BrN2. The fourth-order valence-corrected chi connectivity index (χ4v) is 3.17. The van der Waals surface area contributed by atoms with E-state index in [1.54, 1.807) is 0 Å². The number of likely N-dealkylation sites (tertiary alicyclic amines) is 1. The van der Waals surface area contributed by atoms with Crippen LogP contribution in [0.3, 0.4) is 0 Å². The van der Waals surface area contributed by atoms with E-state index in [-0.39, 0.29) is 0 Å². The van der Waals surface area contributed by atoms with E-state index in [4.69, 9.17) is 0 Å². The molecule has 3 rings (SSSR count). The van der Waals surface area contributed by atoms with Gasteiger partial charge < -0.3 is 5.32 Å². The van der Waals surface area contributed by atoms with Crippen LogP contribution >= 0.6 is 15.9 Å². The van der Waals surface area contributed by atoms with Gasteiger partial charge in [-0.05, 0) is 38.1 Å². The summed E-state index contributed by atoms with van der Waals surface area (Å²) in [7, 11) is 0. The van der Waals surface area contributed by atoms with Crippen LogP contribution in [0.2, 0.25) is 0 Å². The van der Waals surface area contributed by atoms with Gasteiger partial charge in [-0.25, -0.2) is 0 Å². The van der Waals surface area contributed by atoms with E-state index in [2.05, 4.69) is 44.3 Å². The van der Waals surface area contributed by atoms with Gasteiger partial charge in [-0.15, -0.1) is 0 Å². The van der Waals surface area contributed by atoms with Crippen LogP contribution in [0.15, 0.2) is 22.7 Å². The second kappa shape index (κ2) is 3.80. The molecule has 15 heavy (non-hydrogen) atoms. The van der Waals surface area contributed by atoms with Crippen LogP contribution < -0.4 is 5.32 Å². The van der Waals surface area contributed by atoms with E-state index in [1.807, 2.05) is 0 Å². The average Bonchev–Trinajstić information content (AvgIpc) is 2.15. The van der Waals surface area contributed by atoms with Crippen molar-refractivity contribution in [2.45, 2.75) is 18.9 Å². The quantitative estimate of drug-likeness (QED) is 0.841. The minimum absolute atomic E-state index is 0.630. The minimum atomic E-state index is 0.630. The molecule has 1 unspecified atom stereocenters. The van der Waals surface area contributed by atoms with Gasteiger partial charge >= 0.3 is 0 Å². The SMILES string of the molecule is Brc1cccc2c1C(N1CCC1)CCN2. The Morgan fingerprint density at radius 2 is 2.20 bits per heavy atom. The number of fused-ring (bicyclic) bond motifs is 1. The number of halogens is 1. The first kappa shape index (κ1) is 9.67. The molecule has 1 aromatic carbocycles. The topological polar surface area (TPSA) is 15.3 Å². The van der Waals surface area contributed by atoms with Crippen molar-refractivity contribution in [2.24, 2.45) is 0 Å². The number of hydrogen-bond acceptors (Lipinski definition) is 2. The molecule has 1 fully saturated rings. The molecule has 0 spiro atoms. The zero-order valence-electron chi connectivity index (χ0n) is 8.67. The highest BCUT2D eigenvalue weighted by Crippen LogP contribution is 2.40. The maximum atomic E-state index is 3.68. The second-order valence-corrected chi connectivity index (χ2v) is 5.18. The predicted octanol–water partition coefficient (Wildman–Crippen LogP) is 3.01. The first-order valence-corrected chi connectivity index (χ1v) is 6.42. The van der Waals surface area contributed by atoms with Gasteiger partial charge in [0.2, 0.25) is 0 Å². The van der Waals surface area contributed by atoms with E-state index in [9.17, 15) is 0 Å². The van der Waals surface area contributed by atoms with Crippen molar-refractivity contribution in [2.75, 3.05) is 25.0 Å². The van der Waals surface area contributed by atoms with Gasteiger partial charge in [0.15, 0.2) is 0 Å². The summed E-state index contributed by atoms with van der Waals surface area (Å²) in [6, 6.07) is 7.07. The van der Waals surface area contributed by atoms with Crippen molar-refractivity contribution in [1.29, 1.82) is 0 Å². The highest BCUT2D eigenvalue weighted by molar-refractivity contribution is 9.10. The van der Waals surface area contributed by atoms with Crippen molar-refractivity contribution in [3.05, 3.63) is 28.2 Å². The zero-order valence-corrected chi connectivity index (χ0v) is 10.3. The van der Waals surface area contributed by atoms with Gasteiger partial charge in [0, 0.05) is 28.3 Å². The maximum absolute atomic E-state index is 3.68. The van der Waals surface area contributed by atoms with Crippen LogP contribution in [0.1, 0.15) is 24.4 Å². The Kier molecular flexibility index (Phi) is 2.45. The molecule has 1 atom stereocenters. The third kappa shape index (κ3) is 1.58. The molecule has 2 aliphatic heterocycles. The van der Waals surface area contributed by atoms with Crippen molar-refractivity contribution in [1.82, 2.24) is 4.90 Å². The molecular weight excluding hydrogens is 252 g/mol. The summed E-state index contributed by atoms with van der Waals surface area (Å²) >= 11 is 3.68. The maximum Gasteiger partial charge on any atom is 0.0400 e. The number of anilines is 1.